The second-order valence-electron chi connectivity index (χ2n) is 2.75. The van der Waals surface area contributed by atoms with E-state index < -0.39 is 12.1 Å². The topological polar surface area (TPSA) is 46.5 Å². The summed E-state index contributed by atoms with van der Waals surface area (Å²) in [5, 5.41) is 8.30. The van der Waals surface area contributed by atoms with Gasteiger partial charge in [0.05, 0.1) is 13.2 Å². The highest BCUT2D eigenvalue weighted by molar-refractivity contribution is 5.66. The van der Waals surface area contributed by atoms with E-state index in [-0.39, 0.29) is 18.9 Å². The number of halogens is 1. The van der Waals surface area contributed by atoms with Crippen LogP contribution in [0.15, 0.2) is 0 Å². The maximum absolute atomic E-state index is 12.7. The van der Waals surface area contributed by atoms with Gasteiger partial charge >= 0.3 is 5.97 Å². The molecular weight excluding hydrogens is 151 g/mol. The van der Waals surface area contributed by atoms with Crippen LogP contribution in [0.4, 0.5) is 4.39 Å². The molecule has 0 aliphatic carbocycles. The number of aliphatic carboxylic acids is 1. The Labute approximate surface area is 64.2 Å². The molecule has 2 atom stereocenters. The van der Waals surface area contributed by atoms with Gasteiger partial charge in [-0.15, -0.1) is 0 Å². The summed E-state index contributed by atoms with van der Waals surface area (Å²) < 4.78 is 17.6. The Balaban J connectivity index is 2.20. The molecule has 4 heteroatoms. The summed E-state index contributed by atoms with van der Waals surface area (Å²) in [6.07, 6.45) is -0.542. The fraction of sp³-hybridized carbons (Fsp3) is 0.857. The Morgan fingerprint density at radius 3 is 2.82 bits per heavy atom. The highest BCUT2D eigenvalue weighted by Crippen LogP contribution is 2.21. The molecule has 1 aliphatic heterocycles. The zero-order valence-corrected chi connectivity index (χ0v) is 6.12. The van der Waals surface area contributed by atoms with E-state index in [0.717, 1.165) is 0 Å². The van der Waals surface area contributed by atoms with Crippen LogP contribution in [0.5, 0.6) is 0 Å². The lowest BCUT2D eigenvalue weighted by molar-refractivity contribution is -0.137. The molecule has 1 rings (SSSR count). The average Bonchev–Trinajstić information content (AvgIpc) is 2.31. The van der Waals surface area contributed by atoms with Gasteiger partial charge in [-0.3, -0.25) is 4.79 Å². The van der Waals surface area contributed by atoms with E-state index in [0.29, 0.717) is 13.0 Å². The first-order chi connectivity index (χ1) is 5.20. The van der Waals surface area contributed by atoms with E-state index in [2.05, 4.69) is 0 Å². The number of ether oxygens (including phenoxy) is 1. The van der Waals surface area contributed by atoms with Gasteiger partial charge in [-0.1, -0.05) is 0 Å². The zero-order chi connectivity index (χ0) is 8.27. The Hall–Kier alpha value is -0.640. The predicted molar refractivity (Wildman–Crippen MR) is 36.1 cm³/mol. The molecule has 3 nitrogen and oxygen atoms in total. The molecule has 0 saturated carbocycles. The molecule has 11 heavy (non-hydrogen) atoms. The fourth-order valence-electron chi connectivity index (χ4n) is 1.15. The molecule has 1 N–H and O–H groups in total. The van der Waals surface area contributed by atoms with Crippen molar-refractivity contribution in [2.45, 2.75) is 19.0 Å². The van der Waals surface area contributed by atoms with Crippen molar-refractivity contribution in [3.05, 3.63) is 0 Å². The van der Waals surface area contributed by atoms with E-state index in [1.165, 1.54) is 0 Å². The van der Waals surface area contributed by atoms with Crippen LogP contribution in [0.2, 0.25) is 0 Å². The van der Waals surface area contributed by atoms with E-state index in [4.69, 9.17) is 9.84 Å². The van der Waals surface area contributed by atoms with Gasteiger partial charge in [0.2, 0.25) is 0 Å². The summed E-state index contributed by atoms with van der Waals surface area (Å²) in [5.74, 6) is -1.07. The van der Waals surface area contributed by atoms with E-state index in [1.807, 2.05) is 0 Å². The standard InChI is InChI=1S/C7H11FO3/c8-6-4-11-3-5(6)1-2-7(9)10/h5-6H,1-4H2,(H,9,10). The molecule has 0 bridgehead atoms. The van der Waals surface area contributed by atoms with E-state index in [1.54, 1.807) is 0 Å². The van der Waals surface area contributed by atoms with Gasteiger partial charge in [0.1, 0.15) is 6.17 Å². The van der Waals surface area contributed by atoms with Crippen LogP contribution in [0, 0.1) is 5.92 Å². The Kier molecular flexibility index (Phi) is 2.82. The molecule has 2 unspecified atom stereocenters. The van der Waals surface area contributed by atoms with Crippen LogP contribution >= 0.6 is 0 Å². The van der Waals surface area contributed by atoms with Crippen molar-refractivity contribution >= 4 is 5.97 Å². The van der Waals surface area contributed by atoms with Crippen LogP contribution in [0.25, 0.3) is 0 Å². The lowest BCUT2D eigenvalue weighted by atomic mass is 10.0. The van der Waals surface area contributed by atoms with Crippen molar-refractivity contribution in [1.82, 2.24) is 0 Å². The number of carbonyl (C=O) groups is 1. The van der Waals surface area contributed by atoms with Crippen molar-refractivity contribution in [3.8, 4) is 0 Å². The molecule has 64 valence electrons. The molecule has 1 saturated heterocycles. The molecule has 0 radical (unpaired) electrons. The largest absolute Gasteiger partial charge is 0.481 e. The molecule has 1 aliphatic rings. The maximum Gasteiger partial charge on any atom is 0.303 e. The van der Waals surface area contributed by atoms with Gasteiger partial charge in [0.15, 0.2) is 0 Å². The molecular formula is C7H11FO3. The first-order valence-corrected chi connectivity index (χ1v) is 3.63. The monoisotopic (exact) mass is 162 g/mol. The van der Waals surface area contributed by atoms with Gasteiger partial charge in [0, 0.05) is 12.3 Å². The second-order valence-corrected chi connectivity index (χ2v) is 2.75. The Morgan fingerprint density at radius 1 is 1.64 bits per heavy atom. The number of hydrogen-bond acceptors (Lipinski definition) is 2. The minimum Gasteiger partial charge on any atom is -0.481 e. The summed E-state index contributed by atoms with van der Waals surface area (Å²) in [5.41, 5.74) is 0. The van der Waals surface area contributed by atoms with Crippen LogP contribution in [0.1, 0.15) is 12.8 Å². The molecule has 0 aromatic heterocycles. The molecule has 0 aromatic carbocycles. The Bertz CT molecular complexity index is 149. The fourth-order valence-corrected chi connectivity index (χ4v) is 1.15. The van der Waals surface area contributed by atoms with Crippen molar-refractivity contribution in [3.63, 3.8) is 0 Å². The van der Waals surface area contributed by atoms with Gasteiger partial charge < -0.3 is 9.84 Å². The summed E-state index contributed by atoms with van der Waals surface area (Å²) in [6.45, 7) is 0.499. The van der Waals surface area contributed by atoms with Crippen molar-refractivity contribution in [2.24, 2.45) is 5.92 Å². The minimum absolute atomic E-state index is 0.0362. The predicted octanol–water partition coefficient (Wildman–Crippen LogP) is 0.836. The van der Waals surface area contributed by atoms with Gasteiger partial charge in [-0.05, 0) is 6.42 Å². The van der Waals surface area contributed by atoms with E-state index >= 15 is 0 Å². The lowest BCUT2D eigenvalue weighted by Crippen LogP contribution is -2.14. The normalized spacial score (nSPS) is 30.6. The van der Waals surface area contributed by atoms with Crippen LogP contribution < -0.4 is 0 Å². The number of carboxylic acid groups (broad SMARTS) is 1. The second kappa shape index (κ2) is 3.67. The Morgan fingerprint density at radius 2 is 2.36 bits per heavy atom. The first kappa shape index (κ1) is 8.46. The van der Waals surface area contributed by atoms with Crippen molar-refractivity contribution in [1.29, 1.82) is 0 Å². The molecule has 1 fully saturated rings. The molecule has 0 spiro atoms. The SMILES string of the molecule is O=C(O)CCC1COCC1F. The zero-order valence-electron chi connectivity index (χ0n) is 6.12. The number of rotatable bonds is 3. The quantitative estimate of drug-likeness (QED) is 0.668. The lowest BCUT2D eigenvalue weighted by Gasteiger charge is -2.06. The number of carboxylic acids is 1. The van der Waals surface area contributed by atoms with Gasteiger partial charge in [0.25, 0.3) is 0 Å². The minimum atomic E-state index is -0.964. The molecule has 0 aromatic rings. The number of hydrogen-bond donors (Lipinski definition) is 1. The average molecular weight is 162 g/mol. The van der Waals surface area contributed by atoms with Gasteiger partial charge in [-0.25, -0.2) is 4.39 Å². The molecule has 1 heterocycles. The molecule has 0 amide bonds. The van der Waals surface area contributed by atoms with Gasteiger partial charge in [-0.2, -0.15) is 0 Å². The maximum atomic E-state index is 12.7. The summed E-state index contributed by atoms with van der Waals surface area (Å²) in [4.78, 5) is 10.1. The van der Waals surface area contributed by atoms with E-state index in [9.17, 15) is 9.18 Å². The van der Waals surface area contributed by atoms with Crippen molar-refractivity contribution in [2.75, 3.05) is 13.2 Å². The summed E-state index contributed by atoms with van der Waals surface area (Å²) in [7, 11) is 0. The van der Waals surface area contributed by atoms with Crippen molar-refractivity contribution < 1.29 is 19.0 Å². The summed E-state index contributed by atoms with van der Waals surface area (Å²) >= 11 is 0. The smallest absolute Gasteiger partial charge is 0.303 e. The number of alkyl halides is 1. The van der Waals surface area contributed by atoms with Crippen LogP contribution in [-0.2, 0) is 9.53 Å². The third-order valence-electron chi connectivity index (χ3n) is 1.85. The third-order valence-corrected chi connectivity index (χ3v) is 1.85. The summed E-state index contributed by atoms with van der Waals surface area (Å²) in [6, 6.07) is 0. The highest BCUT2D eigenvalue weighted by atomic mass is 19.1. The third kappa shape index (κ3) is 2.46. The highest BCUT2D eigenvalue weighted by Gasteiger charge is 2.27. The first-order valence-electron chi connectivity index (χ1n) is 3.63. The van der Waals surface area contributed by atoms with Crippen LogP contribution in [0.3, 0.4) is 0 Å². The van der Waals surface area contributed by atoms with Crippen LogP contribution in [-0.4, -0.2) is 30.5 Å².